The van der Waals surface area contributed by atoms with Gasteiger partial charge in [0.2, 0.25) is 0 Å². The molecule has 0 aromatic heterocycles. The van der Waals surface area contributed by atoms with Gasteiger partial charge in [0.25, 0.3) is 0 Å². The van der Waals surface area contributed by atoms with E-state index in [2.05, 4.69) is 31.0 Å². The minimum atomic E-state index is -0.554. The Morgan fingerprint density at radius 2 is 1.80 bits per heavy atom. The van der Waals surface area contributed by atoms with Gasteiger partial charge in [-0.2, -0.15) is 0 Å². The molecule has 0 saturated carbocycles. The Morgan fingerprint density at radius 1 is 1.27 bits per heavy atom. The van der Waals surface area contributed by atoms with Crippen LogP contribution < -0.4 is 5.32 Å². The van der Waals surface area contributed by atoms with E-state index in [1.54, 1.807) is 0 Å². The molecule has 0 aliphatic heterocycles. The Morgan fingerprint density at radius 3 is 2.20 bits per heavy atom. The largest absolute Gasteiger partial charge is 0.390 e. The zero-order chi connectivity index (χ0) is 11.9. The molecule has 2 N–H and O–H groups in total. The van der Waals surface area contributed by atoms with E-state index in [0.717, 1.165) is 32.6 Å². The second-order valence-corrected chi connectivity index (χ2v) is 4.90. The molecule has 0 aliphatic rings. The van der Waals surface area contributed by atoms with Crippen LogP contribution in [0.15, 0.2) is 0 Å². The van der Waals surface area contributed by atoms with Gasteiger partial charge >= 0.3 is 0 Å². The van der Waals surface area contributed by atoms with Crippen molar-refractivity contribution in [3.63, 3.8) is 0 Å². The molecule has 0 aliphatic carbocycles. The number of rotatable bonds is 8. The van der Waals surface area contributed by atoms with E-state index in [1.165, 1.54) is 0 Å². The molecule has 1 atom stereocenters. The fourth-order valence-corrected chi connectivity index (χ4v) is 1.56. The summed E-state index contributed by atoms with van der Waals surface area (Å²) in [4.78, 5) is 2.40. The molecule has 0 rings (SSSR count). The maximum Gasteiger partial charge on any atom is 0.0603 e. The Labute approximate surface area is 94.9 Å². The van der Waals surface area contributed by atoms with E-state index in [1.807, 2.05) is 13.8 Å². The van der Waals surface area contributed by atoms with Crippen molar-refractivity contribution < 1.29 is 5.11 Å². The summed E-state index contributed by atoms with van der Waals surface area (Å²) in [5, 5.41) is 13.0. The summed E-state index contributed by atoms with van der Waals surface area (Å²) in [5.41, 5.74) is -0.554. The third-order valence-corrected chi connectivity index (χ3v) is 2.66. The average Bonchev–Trinajstić information content (AvgIpc) is 2.12. The van der Waals surface area contributed by atoms with Crippen molar-refractivity contribution in [2.45, 2.75) is 52.7 Å². The monoisotopic (exact) mass is 216 g/mol. The lowest BCUT2D eigenvalue weighted by molar-refractivity contribution is 0.0701. The Kier molecular flexibility index (Phi) is 7.14. The Balaban J connectivity index is 3.61. The lowest BCUT2D eigenvalue weighted by Crippen LogP contribution is -2.40. The van der Waals surface area contributed by atoms with Gasteiger partial charge in [0.1, 0.15) is 0 Å². The molecule has 3 nitrogen and oxygen atoms in total. The smallest absolute Gasteiger partial charge is 0.0603 e. The zero-order valence-corrected chi connectivity index (χ0v) is 11.0. The number of nitrogens with one attached hydrogen (secondary N) is 1. The molecule has 0 radical (unpaired) electrons. The summed E-state index contributed by atoms with van der Waals surface area (Å²) in [7, 11) is 0. The van der Waals surface area contributed by atoms with Gasteiger partial charge in [-0.15, -0.1) is 0 Å². The molecule has 15 heavy (non-hydrogen) atoms. The van der Waals surface area contributed by atoms with Crippen LogP contribution in [0.4, 0.5) is 0 Å². The van der Waals surface area contributed by atoms with Crippen LogP contribution in [0.25, 0.3) is 0 Å². The van der Waals surface area contributed by atoms with E-state index in [-0.39, 0.29) is 0 Å². The van der Waals surface area contributed by atoms with E-state index < -0.39 is 5.60 Å². The fourth-order valence-electron chi connectivity index (χ4n) is 1.56. The standard InChI is InChI=1S/C12H28N2O/c1-6-14(7-2)10-11(3)13-9-8-12(4,5)15/h11,13,15H,6-10H2,1-5H3. The fraction of sp³-hybridized carbons (Fsp3) is 1.00. The first-order valence-electron chi connectivity index (χ1n) is 6.07. The molecule has 92 valence electrons. The first-order valence-corrected chi connectivity index (χ1v) is 6.07. The summed E-state index contributed by atoms with van der Waals surface area (Å²) < 4.78 is 0. The van der Waals surface area contributed by atoms with Crippen molar-refractivity contribution in [3.8, 4) is 0 Å². The van der Waals surface area contributed by atoms with Crippen LogP contribution in [0.1, 0.15) is 41.0 Å². The predicted octanol–water partition coefficient (Wildman–Crippen LogP) is 1.47. The summed E-state index contributed by atoms with van der Waals surface area (Å²) in [6.07, 6.45) is 0.801. The second-order valence-electron chi connectivity index (χ2n) is 4.90. The van der Waals surface area contributed by atoms with Crippen molar-refractivity contribution in [1.82, 2.24) is 10.2 Å². The topological polar surface area (TPSA) is 35.5 Å². The van der Waals surface area contributed by atoms with Gasteiger partial charge in [0.15, 0.2) is 0 Å². The molecule has 0 bridgehead atoms. The molecule has 0 amide bonds. The van der Waals surface area contributed by atoms with Crippen LogP contribution in [0, 0.1) is 0 Å². The molecular weight excluding hydrogens is 188 g/mol. The second kappa shape index (κ2) is 7.20. The molecule has 0 aromatic carbocycles. The summed E-state index contributed by atoms with van der Waals surface area (Å²) in [6.45, 7) is 14.4. The van der Waals surface area contributed by atoms with E-state index >= 15 is 0 Å². The van der Waals surface area contributed by atoms with Gasteiger partial charge in [-0.3, -0.25) is 0 Å². The third-order valence-electron chi connectivity index (χ3n) is 2.66. The number of likely N-dealkylation sites (N-methyl/N-ethyl adjacent to an activating group) is 1. The third kappa shape index (κ3) is 8.85. The van der Waals surface area contributed by atoms with Gasteiger partial charge in [-0.25, -0.2) is 0 Å². The highest BCUT2D eigenvalue weighted by Crippen LogP contribution is 2.05. The normalized spacial score (nSPS) is 14.6. The number of hydrogen-bond acceptors (Lipinski definition) is 3. The van der Waals surface area contributed by atoms with Crippen molar-refractivity contribution in [1.29, 1.82) is 0 Å². The van der Waals surface area contributed by atoms with Gasteiger partial charge in [0, 0.05) is 12.6 Å². The highest BCUT2D eigenvalue weighted by molar-refractivity contribution is 4.70. The summed E-state index contributed by atoms with van der Waals surface area (Å²) in [5.74, 6) is 0. The van der Waals surface area contributed by atoms with Crippen molar-refractivity contribution in [3.05, 3.63) is 0 Å². The molecule has 1 unspecified atom stereocenters. The molecule has 0 fully saturated rings. The van der Waals surface area contributed by atoms with Crippen molar-refractivity contribution in [2.24, 2.45) is 0 Å². The lowest BCUT2D eigenvalue weighted by Gasteiger charge is -2.25. The molecule has 0 saturated heterocycles. The van der Waals surface area contributed by atoms with Crippen LogP contribution in [-0.4, -0.2) is 47.8 Å². The molecule has 0 heterocycles. The van der Waals surface area contributed by atoms with Crippen LogP contribution in [0.5, 0.6) is 0 Å². The SMILES string of the molecule is CCN(CC)CC(C)NCCC(C)(C)O. The Hall–Kier alpha value is -0.120. The quantitative estimate of drug-likeness (QED) is 0.645. The average molecular weight is 216 g/mol. The molecule has 0 spiro atoms. The first-order chi connectivity index (χ1) is 6.89. The highest BCUT2D eigenvalue weighted by Gasteiger charge is 2.12. The van der Waals surface area contributed by atoms with Gasteiger partial charge < -0.3 is 15.3 Å². The molecule has 3 heteroatoms. The maximum atomic E-state index is 9.55. The summed E-state index contributed by atoms with van der Waals surface area (Å²) in [6, 6.07) is 0.493. The predicted molar refractivity (Wildman–Crippen MR) is 66.2 cm³/mol. The van der Waals surface area contributed by atoms with Crippen molar-refractivity contribution >= 4 is 0 Å². The first kappa shape index (κ1) is 14.9. The highest BCUT2D eigenvalue weighted by atomic mass is 16.3. The minimum Gasteiger partial charge on any atom is -0.390 e. The van der Waals surface area contributed by atoms with Gasteiger partial charge in [-0.05, 0) is 46.8 Å². The molecule has 0 aromatic rings. The van der Waals surface area contributed by atoms with Gasteiger partial charge in [-0.1, -0.05) is 13.8 Å². The molecular formula is C12H28N2O. The zero-order valence-electron chi connectivity index (χ0n) is 11.0. The minimum absolute atomic E-state index is 0.493. The van der Waals surface area contributed by atoms with Gasteiger partial charge in [0.05, 0.1) is 5.60 Å². The van der Waals surface area contributed by atoms with E-state index in [4.69, 9.17) is 0 Å². The van der Waals surface area contributed by atoms with Crippen LogP contribution >= 0.6 is 0 Å². The number of hydrogen-bond donors (Lipinski definition) is 2. The van der Waals surface area contributed by atoms with Crippen LogP contribution in [0.3, 0.4) is 0 Å². The number of aliphatic hydroxyl groups is 1. The van der Waals surface area contributed by atoms with Crippen LogP contribution in [-0.2, 0) is 0 Å². The number of nitrogens with zero attached hydrogens (tertiary/aromatic N) is 1. The Bertz CT molecular complexity index is 150. The maximum absolute atomic E-state index is 9.55. The van der Waals surface area contributed by atoms with Crippen LogP contribution in [0.2, 0.25) is 0 Å². The van der Waals surface area contributed by atoms with E-state index in [0.29, 0.717) is 6.04 Å². The van der Waals surface area contributed by atoms with E-state index in [9.17, 15) is 5.11 Å². The lowest BCUT2D eigenvalue weighted by atomic mass is 10.1. The van der Waals surface area contributed by atoms with Crippen molar-refractivity contribution in [2.75, 3.05) is 26.2 Å². The summed E-state index contributed by atoms with van der Waals surface area (Å²) >= 11 is 0.